The number of carbonyl (C=O) groups is 1. The summed E-state index contributed by atoms with van der Waals surface area (Å²) in [5.74, 6) is 0.809. The van der Waals surface area contributed by atoms with Crippen LogP contribution in [0.2, 0.25) is 0 Å². The first-order chi connectivity index (χ1) is 12.7. The van der Waals surface area contributed by atoms with E-state index in [1.54, 1.807) is 18.6 Å². The van der Waals surface area contributed by atoms with Gasteiger partial charge in [-0.3, -0.25) is 4.57 Å². The van der Waals surface area contributed by atoms with Crippen molar-refractivity contribution in [1.29, 1.82) is 0 Å². The quantitative estimate of drug-likeness (QED) is 0.530. The minimum Gasteiger partial charge on any atom is -0.464 e. The third kappa shape index (κ3) is 2.88. The zero-order chi connectivity index (χ0) is 18.1. The van der Waals surface area contributed by atoms with Gasteiger partial charge < -0.3 is 10.4 Å². The zero-order valence-electron chi connectivity index (χ0n) is 14.4. The first kappa shape index (κ1) is 16.1. The third-order valence-electron chi connectivity index (χ3n) is 4.36. The lowest BCUT2D eigenvalue weighted by atomic mass is 10.1. The molecule has 0 radical (unpaired) electrons. The van der Waals surface area contributed by atoms with Gasteiger partial charge in [-0.15, -0.1) is 5.10 Å². The Bertz CT molecular complexity index is 1100. The Labute approximate surface area is 149 Å². The summed E-state index contributed by atoms with van der Waals surface area (Å²) in [4.78, 5) is 15.6. The molecule has 0 atom stereocenters. The van der Waals surface area contributed by atoms with Crippen LogP contribution in [0.25, 0.3) is 27.7 Å². The fourth-order valence-corrected chi connectivity index (χ4v) is 2.97. The molecule has 0 amide bonds. The summed E-state index contributed by atoms with van der Waals surface area (Å²) in [5, 5.41) is 18.8. The van der Waals surface area contributed by atoms with Crippen molar-refractivity contribution in [2.45, 2.75) is 19.8 Å². The van der Waals surface area contributed by atoms with Crippen LogP contribution in [0.1, 0.15) is 19.8 Å². The molecule has 0 saturated heterocycles. The highest BCUT2D eigenvalue weighted by molar-refractivity contribution is 5.89. The van der Waals surface area contributed by atoms with Crippen molar-refractivity contribution in [2.24, 2.45) is 0 Å². The molecule has 7 nitrogen and oxygen atoms in total. The maximum atomic E-state index is 11.1. The number of hydrogen-bond donors (Lipinski definition) is 2. The molecule has 3 aromatic heterocycles. The summed E-state index contributed by atoms with van der Waals surface area (Å²) in [7, 11) is 0. The SMILES string of the molecule is CCCCNc1ccc2ncc(-c3ccc4cn(C(=O)O)cc4c3)n2n1. The molecule has 0 fully saturated rings. The first-order valence-electron chi connectivity index (χ1n) is 8.60. The van der Waals surface area contributed by atoms with E-state index >= 15 is 0 Å². The van der Waals surface area contributed by atoms with Gasteiger partial charge in [0, 0.05) is 35.3 Å². The number of unbranched alkanes of at least 4 members (excludes halogenated alkanes) is 1. The molecule has 0 bridgehead atoms. The Hall–Kier alpha value is -3.35. The van der Waals surface area contributed by atoms with Crippen LogP contribution in [0.4, 0.5) is 10.6 Å². The molecule has 7 heteroatoms. The van der Waals surface area contributed by atoms with Gasteiger partial charge in [0.05, 0.1) is 11.9 Å². The second-order valence-corrected chi connectivity index (χ2v) is 6.20. The van der Waals surface area contributed by atoms with Crippen molar-refractivity contribution >= 4 is 28.3 Å². The Morgan fingerprint density at radius 2 is 2.04 bits per heavy atom. The van der Waals surface area contributed by atoms with Crippen molar-refractivity contribution in [3.8, 4) is 11.3 Å². The number of rotatable bonds is 5. The summed E-state index contributed by atoms with van der Waals surface area (Å²) >= 11 is 0. The van der Waals surface area contributed by atoms with Crippen LogP contribution in [0, 0.1) is 0 Å². The second-order valence-electron chi connectivity index (χ2n) is 6.20. The van der Waals surface area contributed by atoms with Gasteiger partial charge in [0.25, 0.3) is 0 Å². The monoisotopic (exact) mass is 349 g/mol. The fraction of sp³-hybridized carbons (Fsp3) is 0.211. The molecule has 3 heterocycles. The van der Waals surface area contributed by atoms with Crippen LogP contribution in [-0.2, 0) is 0 Å². The topological polar surface area (TPSA) is 84.5 Å². The number of anilines is 1. The molecule has 4 aromatic rings. The van der Waals surface area contributed by atoms with Crippen LogP contribution in [0.5, 0.6) is 0 Å². The van der Waals surface area contributed by atoms with Gasteiger partial charge in [0.1, 0.15) is 5.82 Å². The van der Waals surface area contributed by atoms with E-state index in [2.05, 4.69) is 22.3 Å². The fourth-order valence-electron chi connectivity index (χ4n) is 2.97. The van der Waals surface area contributed by atoms with Crippen LogP contribution >= 0.6 is 0 Å². The summed E-state index contributed by atoms with van der Waals surface area (Å²) in [6.07, 6.45) is 6.21. The predicted molar refractivity (Wildman–Crippen MR) is 101 cm³/mol. The van der Waals surface area contributed by atoms with Crippen molar-refractivity contribution in [1.82, 2.24) is 19.2 Å². The van der Waals surface area contributed by atoms with Crippen molar-refractivity contribution in [3.05, 3.63) is 48.9 Å². The normalized spacial score (nSPS) is 11.3. The number of imidazole rings is 1. The zero-order valence-corrected chi connectivity index (χ0v) is 14.4. The lowest BCUT2D eigenvalue weighted by Crippen LogP contribution is -2.05. The van der Waals surface area contributed by atoms with Crippen LogP contribution in [0.3, 0.4) is 0 Å². The highest BCUT2D eigenvalue weighted by atomic mass is 16.4. The van der Waals surface area contributed by atoms with Crippen LogP contribution < -0.4 is 5.32 Å². The van der Waals surface area contributed by atoms with E-state index in [4.69, 9.17) is 5.11 Å². The molecule has 0 aliphatic heterocycles. The van der Waals surface area contributed by atoms with E-state index in [9.17, 15) is 4.79 Å². The molecule has 2 N–H and O–H groups in total. The van der Waals surface area contributed by atoms with E-state index in [0.717, 1.165) is 57.4 Å². The highest BCUT2D eigenvalue weighted by Crippen LogP contribution is 2.26. The molecular formula is C19H19N5O2. The molecule has 0 aliphatic rings. The first-order valence-corrected chi connectivity index (χ1v) is 8.60. The Kier molecular flexibility index (Phi) is 4.04. The van der Waals surface area contributed by atoms with Gasteiger partial charge in [0.15, 0.2) is 5.65 Å². The summed E-state index contributed by atoms with van der Waals surface area (Å²) < 4.78 is 2.97. The number of carboxylic acid groups (broad SMARTS) is 1. The van der Waals surface area contributed by atoms with E-state index < -0.39 is 6.09 Å². The van der Waals surface area contributed by atoms with Gasteiger partial charge >= 0.3 is 6.09 Å². The summed E-state index contributed by atoms with van der Waals surface area (Å²) in [6.45, 7) is 3.04. The van der Waals surface area contributed by atoms with Gasteiger partial charge in [-0.1, -0.05) is 25.5 Å². The van der Waals surface area contributed by atoms with Crippen molar-refractivity contribution in [2.75, 3.05) is 11.9 Å². The van der Waals surface area contributed by atoms with E-state index in [1.165, 1.54) is 0 Å². The maximum absolute atomic E-state index is 11.1. The van der Waals surface area contributed by atoms with Gasteiger partial charge in [-0.05, 0) is 24.6 Å². The Morgan fingerprint density at radius 1 is 1.19 bits per heavy atom. The predicted octanol–water partition coefficient (Wildman–Crippen LogP) is 4.09. The summed E-state index contributed by atoms with van der Waals surface area (Å²) in [6, 6.07) is 9.68. The molecule has 0 saturated carbocycles. The third-order valence-corrected chi connectivity index (χ3v) is 4.36. The Morgan fingerprint density at radius 3 is 2.85 bits per heavy atom. The number of fused-ring (bicyclic) bond motifs is 2. The second kappa shape index (κ2) is 6.51. The molecule has 0 spiro atoms. The lowest BCUT2D eigenvalue weighted by molar-refractivity contribution is 0.196. The van der Waals surface area contributed by atoms with Gasteiger partial charge in [0.2, 0.25) is 0 Å². The average molecular weight is 349 g/mol. The smallest absolute Gasteiger partial charge is 0.415 e. The molecular weight excluding hydrogens is 330 g/mol. The lowest BCUT2D eigenvalue weighted by Gasteiger charge is -2.06. The average Bonchev–Trinajstić information content (AvgIpc) is 3.25. The minimum atomic E-state index is -0.998. The number of aromatic nitrogens is 4. The minimum absolute atomic E-state index is 0.768. The van der Waals surface area contributed by atoms with Crippen molar-refractivity contribution in [3.63, 3.8) is 0 Å². The number of nitrogens with zero attached hydrogens (tertiary/aromatic N) is 4. The maximum Gasteiger partial charge on any atom is 0.415 e. The van der Waals surface area contributed by atoms with Crippen molar-refractivity contribution < 1.29 is 9.90 Å². The molecule has 26 heavy (non-hydrogen) atoms. The number of benzene rings is 1. The van der Waals surface area contributed by atoms with E-state index in [-0.39, 0.29) is 0 Å². The summed E-state index contributed by atoms with van der Waals surface area (Å²) in [5.41, 5.74) is 2.57. The van der Waals surface area contributed by atoms with Gasteiger partial charge in [-0.2, -0.15) is 0 Å². The number of nitrogens with one attached hydrogen (secondary N) is 1. The highest BCUT2D eigenvalue weighted by Gasteiger charge is 2.10. The van der Waals surface area contributed by atoms with Crippen LogP contribution in [-0.4, -0.2) is 36.9 Å². The number of hydrogen-bond acceptors (Lipinski definition) is 4. The largest absolute Gasteiger partial charge is 0.464 e. The molecule has 0 aliphatic carbocycles. The Balaban J connectivity index is 1.74. The van der Waals surface area contributed by atoms with E-state index in [0.29, 0.717) is 0 Å². The van der Waals surface area contributed by atoms with Crippen LogP contribution in [0.15, 0.2) is 48.9 Å². The van der Waals surface area contributed by atoms with Gasteiger partial charge in [-0.25, -0.2) is 14.3 Å². The molecule has 132 valence electrons. The standard InChI is InChI=1S/C19H19N5O2/c1-2-3-8-20-17-6-7-18-21-10-16(24(18)22-17)13-4-5-14-11-23(19(25)26)12-15(14)9-13/h4-7,9-12H,2-3,8H2,1H3,(H,20,22)(H,25,26). The molecule has 4 rings (SSSR count). The molecule has 1 aromatic carbocycles. The van der Waals surface area contributed by atoms with E-state index in [1.807, 2.05) is 34.8 Å². The molecule has 0 unspecified atom stereocenters.